The van der Waals surface area contributed by atoms with Gasteiger partial charge in [-0.05, 0) is 61.5 Å². The summed E-state index contributed by atoms with van der Waals surface area (Å²) < 4.78 is 5.38. The minimum absolute atomic E-state index is 0.350. The Labute approximate surface area is 150 Å². The van der Waals surface area contributed by atoms with E-state index in [0.29, 0.717) is 17.2 Å². The first-order valence-electron chi connectivity index (χ1n) is 7.91. The van der Waals surface area contributed by atoms with Gasteiger partial charge in [0.25, 0.3) is 5.91 Å². The number of anilines is 1. The van der Waals surface area contributed by atoms with Crippen molar-refractivity contribution in [2.24, 2.45) is 0 Å². The van der Waals surface area contributed by atoms with Crippen molar-refractivity contribution >= 4 is 34.7 Å². The third-order valence-electron chi connectivity index (χ3n) is 3.58. The molecule has 0 saturated carbocycles. The van der Waals surface area contributed by atoms with E-state index in [4.69, 9.17) is 4.74 Å². The summed E-state index contributed by atoms with van der Waals surface area (Å²) in [5.74, 6) is 0.380. The number of rotatable bonds is 5. The van der Waals surface area contributed by atoms with Crippen LogP contribution in [0.1, 0.15) is 18.1 Å². The number of hydrogen-bond acceptors (Lipinski definition) is 5. The van der Waals surface area contributed by atoms with Crippen molar-refractivity contribution in [3.8, 4) is 5.75 Å². The van der Waals surface area contributed by atoms with Crippen LogP contribution in [0.15, 0.2) is 53.4 Å². The van der Waals surface area contributed by atoms with Gasteiger partial charge in [-0.25, -0.2) is 0 Å². The van der Waals surface area contributed by atoms with Gasteiger partial charge in [0, 0.05) is 0 Å². The Balaban J connectivity index is 1.73. The van der Waals surface area contributed by atoms with Gasteiger partial charge in [0.2, 0.25) is 0 Å². The predicted octanol–water partition coefficient (Wildman–Crippen LogP) is 4.46. The van der Waals surface area contributed by atoms with Gasteiger partial charge in [-0.3, -0.25) is 15.0 Å². The molecule has 25 heavy (non-hydrogen) atoms. The summed E-state index contributed by atoms with van der Waals surface area (Å²) in [6, 6.07) is 14.9. The number of hydrogen-bond donors (Lipinski definition) is 1. The van der Waals surface area contributed by atoms with Crippen LogP contribution in [0.2, 0.25) is 0 Å². The fourth-order valence-corrected chi connectivity index (χ4v) is 3.08. The quantitative estimate of drug-likeness (QED) is 0.804. The molecule has 0 bridgehead atoms. The van der Waals surface area contributed by atoms with E-state index in [1.54, 1.807) is 30.3 Å². The topological polar surface area (TPSA) is 58.6 Å². The monoisotopic (exact) mass is 354 g/mol. The number of imide groups is 1. The van der Waals surface area contributed by atoms with Gasteiger partial charge in [-0.15, -0.1) is 0 Å². The minimum atomic E-state index is -0.357. The van der Waals surface area contributed by atoms with E-state index in [-0.39, 0.29) is 11.1 Å². The highest BCUT2D eigenvalue weighted by Gasteiger charge is 2.35. The van der Waals surface area contributed by atoms with Crippen LogP contribution < -0.4 is 10.2 Å². The van der Waals surface area contributed by atoms with Crippen LogP contribution in [-0.4, -0.2) is 22.8 Å². The molecular weight excluding hydrogens is 336 g/mol. The Morgan fingerprint density at radius 1 is 1.08 bits per heavy atom. The maximum Gasteiger partial charge on any atom is 0.312 e. The van der Waals surface area contributed by atoms with Gasteiger partial charge in [-0.1, -0.05) is 29.8 Å². The fraction of sp³-hybridized carbons (Fsp3) is 0.158. The van der Waals surface area contributed by atoms with Crippen molar-refractivity contribution in [1.29, 1.82) is 0 Å². The van der Waals surface area contributed by atoms with Crippen LogP contribution in [0, 0.1) is 6.92 Å². The van der Waals surface area contributed by atoms with E-state index < -0.39 is 0 Å². The number of thioether (sulfide) groups is 1. The molecule has 5 nitrogen and oxygen atoms in total. The first-order chi connectivity index (χ1) is 12.1. The Morgan fingerprint density at radius 2 is 1.76 bits per heavy atom. The summed E-state index contributed by atoms with van der Waals surface area (Å²) in [5, 5.41) is 0.678. The third kappa shape index (κ3) is 4.03. The van der Waals surface area contributed by atoms with Crippen LogP contribution >= 0.6 is 11.8 Å². The zero-order chi connectivity index (χ0) is 17.8. The number of benzene rings is 2. The molecule has 0 radical (unpaired) electrons. The van der Waals surface area contributed by atoms with E-state index >= 15 is 0 Å². The largest absolute Gasteiger partial charge is 0.494 e. The molecule has 2 aromatic rings. The second-order valence-corrected chi connectivity index (χ2v) is 6.49. The molecule has 1 aliphatic rings. The first-order valence-corrected chi connectivity index (χ1v) is 8.72. The first kappa shape index (κ1) is 17.1. The zero-order valence-electron chi connectivity index (χ0n) is 14.0. The standard InChI is InChI=1S/C19H18N2O3S/c1-3-24-16-10-8-15(9-11-16)20-21-18(22)17(25-19(21)23)12-14-6-4-13(2)5-7-14/h4-12,20H,3H2,1-2H3/b17-12-. The fourth-order valence-electron chi connectivity index (χ4n) is 2.30. The highest BCUT2D eigenvalue weighted by molar-refractivity contribution is 8.18. The molecule has 128 valence electrons. The van der Waals surface area contributed by atoms with Gasteiger partial charge >= 0.3 is 5.24 Å². The van der Waals surface area contributed by atoms with Gasteiger partial charge in [0.05, 0.1) is 17.2 Å². The highest BCUT2D eigenvalue weighted by atomic mass is 32.2. The maximum absolute atomic E-state index is 12.5. The van der Waals surface area contributed by atoms with Crippen molar-refractivity contribution in [2.45, 2.75) is 13.8 Å². The molecular formula is C19H18N2O3S. The lowest BCUT2D eigenvalue weighted by atomic mass is 10.1. The number of carbonyl (C=O) groups excluding carboxylic acids is 2. The van der Waals surface area contributed by atoms with Crippen molar-refractivity contribution in [3.63, 3.8) is 0 Å². The van der Waals surface area contributed by atoms with E-state index in [0.717, 1.165) is 33.6 Å². The molecule has 0 aromatic heterocycles. The smallest absolute Gasteiger partial charge is 0.312 e. The van der Waals surface area contributed by atoms with E-state index in [2.05, 4.69) is 5.43 Å². The lowest BCUT2D eigenvalue weighted by Gasteiger charge is -2.15. The molecule has 0 spiro atoms. The number of ether oxygens (including phenoxy) is 1. The molecule has 6 heteroatoms. The molecule has 1 fully saturated rings. The van der Waals surface area contributed by atoms with Crippen LogP contribution in [-0.2, 0) is 4.79 Å². The van der Waals surface area contributed by atoms with E-state index in [1.807, 2.05) is 38.1 Å². The van der Waals surface area contributed by atoms with Crippen LogP contribution in [0.4, 0.5) is 10.5 Å². The van der Waals surface area contributed by atoms with Crippen molar-refractivity contribution in [3.05, 3.63) is 64.6 Å². The van der Waals surface area contributed by atoms with Crippen molar-refractivity contribution in [1.82, 2.24) is 5.01 Å². The summed E-state index contributed by atoms with van der Waals surface area (Å²) in [5.41, 5.74) is 5.52. The number of aryl methyl sites for hydroxylation is 1. The van der Waals surface area contributed by atoms with Gasteiger partial charge in [-0.2, -0.15) is 5.01 Å². The molecule has 0 aliphatic carbocycles. The third-order valence-corrected chi connectivity index (χ3v) is 4.44. The second kappa shape index (κ2) is 7.44. The van der Waals surface area contributed by atoms with Crippen molar-refractivity contribution < 1.29 is 14.3 Å². The van der Waals surface area contributed by atoms with E-state index in [9.17, 15) is 9.59 Å². The summed E-state index contributed by atoms with van der Waals surface area (Å²) in [6.45, 7) is 4.49. The number of amides is 2. The molecule has 2 aromatic carbocycles. The molecule has 1 saturated heterocycles. The molecule has 1 N–H and O–H groups in total. The highest BCUT2D eigenvalue weighted by Crippen LogP contribution is 2.32. The average Bonchev–Trinajstić information content (AvgIpc) is 2.86. The number of carbonyl (C=O) groups is 2. The average molecular weight is 354 g/mol. The summed E-state index contributed by atoms with van der Waals surface area (Å²) in [4.78, 5) is 25.0. The summed E-state index contributed by atoms with van der Waals surface area (Å²) >= 11 is 0.923. The Bertz CT molecular complexity index is 814. The normalized spacial score (nSPS) is 15.8. The van der Waals surface area contributed by atoms with Crippen LogP contribution in [0.5, 0.6) is 5.75 Å². The predicted molar refractivity (Wildman–Crippen MR) is 100 cm³/mol. The molecule has 1 aliphatic heterocycles. The Kier molecular flexibility index (Phi) is 5.09. The Hall–Kier alpha value is -2.73. The molecule has 3 rings (SSSR count). The molecule has 1 heterocycles. The van der Waals surface area contributed by atoms with Gasteiger partial charge < -0.3 is 4.74 Å². The molecule has 0 unspecified atom stereocenters. The SMILES string of the molecule is CCOc1ccc(NN2C(=O)S/C(=C\c3ccc(C)cc3)C2=O)cc1. The number of hydrazine groups is 1. The summed E-state index contributed by atoms with van der Waals surface area (Å²) in [7, 11) is 0. The van der Waals surface area contributed by atoms with E-state index in [1.165, 1.54) is 0 Å². The minimum Gasteiger partial charge on any atom is -0.494 e. The molecule has 2 amide bonds. The second-order valence-electron chi connectivity index (χ2n) is 5.50. The Morgan fingerprint density at radius 3 is 2.40 bits per heavy atom. The zero-order valence-corrected chi connectivity index (χ0v) is 14.8. The van der Waals surface area contributed by atoms with Gasteiger partial charge in [0.1, 0.15) is 5.75 Å². The number of nitrogens with one attached hydrogen (secondary N) is 1. The lowest BCUT2D eigenvalue weighted by Crippen LogP contribution is -2.33. The van der Waals surface area contributed by atoms with Crippen molar-refractivity contribution in [2.75, 3.05) is 12.0 Å². The van der Waals surface area contributed by atoms with Crippen LogP contribution in [0.25, 0.3) is 6.08 Å². The summed E-state index contributed by atoms with van der Waals surface area (Å²) in [6.07, 6.45) is 1.73. The molecule has 0 atom stereocenters. The lowest BCUT2D eigenvalue weighted by molar-refractivity contribution is -0.121. The maximum atomic E-state index is 12.5. The van der Waals surface area contributed by atoms with Crippen LogP contribution in [0.3, 0.4) is 0 Å². The number of nitrogens with zero attached hydrogens (tertiary/aromatic N) is 1. The van der Waals surface area contributed by atoms with Gasteiger partial charge in [0.15, 0.2) is 0 Å².